The molecule has 2 unspecified atom stereocenters. The Balaban J connectivity index is 1.37. The summed E-state index contributed by atoms with van der Waals surface area (Å²) in [5.74, 6) is -0.362. The number of morpholine rings is 1. The van der Waals surface area contributed by atoms with E-state index in [9.17, 15) is 22.4 Å². The van der Waals surface area contributed by atoms with Gasteiger partial charge in [-0.2, -0.15) is 0 Å². The molecule has 0 spiro atoms. The number of sulfonamides is 1. The van der Waals surface area contributed by atoms with Crippen molar-refractivity contribution in [2.24, 2.45) is 5.92 Å². The Bertz CT molecular complexity index is 1630. The van der Waals surface area contributed by atoms with Crippen LogP contribution < -0.4 is 15.2 Å². The Morgan fingerprint density at radius 1 is 1.02 bits per heavy atom. The molecule has 1 aromatic heterocycles. The number of piperidine rings is 1. The SMILES string of the molecule is Cc1cc(S(=O)(=O)Nc2cc(C(=O)N3CCOCC3)ccc2N2CC3CC(C2)c2cccc(=O)n2C3)ccc1F. The van der Waals surface area contributed by atoms with Crippen LogP contribution in [0.2, 0.25) is 0 Å². The molecule has 2 atom stereocenters. The topological polar surface area (TPSA) is 101 Å². The van der Waals surface area contributed by atoms with E-state index in [2.05, 4.69) is 9.62 Å². The summed E-state index contributed by atoms with van der Waals surface area (Å²) in [6.45, 7) is 5.18. The molecule has 2 bridgehead atoms. The zero-order valence-corrected chi connectivity index (χ0v) is 23.0. The molecule has 2 aromatic carbocycles. The monoisotopic (exact) mass is 566 g/mol. The maximum atomic E-state index is 13.9. The first-order chi connectivity index (χ1) is 19.2. The molecule has 3 aliphatic rings. The van der Waals surface area contributed by atoms with E-state index in [1.54, 1.807) is 35.2 Å². The van der Waals surface area contributed by atoms with Crippen LogP contribution in [-0.2, 0) is 21.3 Å². The Hall–Kier alpha value is -3.70. The summed E-state index contributed by atoms with van der Waals surface area (Å²) in [7, 11) is -4.09. The second-order valence-corrected chi connectivity index (χ2v) is 12.4. The Morgan fingerprint density at radius 2 is 1.82 bits per heavy atom. The van der Waals surface area contributed by atoms with Crippen molar-refractivity contribution in [1.82, 2.24) is 9.47 Å². The molecule has 3 aromatic rings. The summed E-state index contributed by atoms with van der Waals surface area (Å²) in [6, 6.07) is 14.1. The van der Waals surface area contributed by atoms with Crippen LogP contribution >= 0.6 is 0 Å². The molecule has 4 heterocycles. The summed E-state index contributed by atoms with van der Waals surface area (Å²) in [5.41, 5.74) is 2.50. The van der Waals surface area contributed by atoms with Crippen LogP contribution in [0, 0.1) is 18.7 Å². The van der Waals surface area contributed by atoms with Crippen molar-refractivity contribution < 1.29 is 22.3 Å². The maximum Gasteiger partial charge on any atom is 0.261 e. The quantitative estimate of drug-likeness (QED) is 0.509. The number of benzene rings is 2. The average molecular weight is 567 g/mol. The van der Waals surface area contributed by atoms with Crippen LogP contribution in [0.3, 0.4) is 0 Å². The predicted octanol–water partition coefficient (Wildman–Crippen LogP) is 3.19. The molecular formula is C29H31FN4O5S. The predicted molar refractivity (Wildman–Crippen MR) is 149 cm³/mol. The zero-order valence-electron chi connectivity index (χ0n) is 22.2. The molecule has 3 aliphatic heterocycles. The molecule has 6 rings (SSSR count). The van der Waals surface area contributed by atoms with E-state index in [4.69, 9.17) is 4.74 Å². The molecule has 2 saturated heterocycles. The Labute approximate surface area is 232 Å². The molecule has 9 nitrogen and oxygen atoms in total. The number of halogens is 1. The molecular weight excluding hydrogens is 535 g/mol. The number of aryl methyl sites for hydroxylation is 1. The number of aromatic nitrogens is 1. The van der Waals surface area contributed by atoms with E-state index in [1.165, 1.54) is 19.1 Å². The molecule has 1 amide bonds. The van der Waals surface area contributed by atoms with Gasteiger partial charge in [0.2, 0.25) is 0 Å². The fourth-order valence-corrected chi connectivity index (χ4v) is 7.21. The summed E-state index contributed by atoms with van der Waals surface area (Å²) in [4.78, 5) is 29.5. The van der Waals surface area contributed by atoms with Gasteiger partial charge in [0.1, 0.15) is 5.82 Å². The van der Waals surface area contributed by atoms with E-state index >= 15 is 0 Å². The second kappa shape index (κ2) is 10.4. The van der Waals surface area contributed by atoms with Crippen LogP contribution in [0.5, 0.6) is 0 Å². The van der Waals surface area contributed by atoms with Gasteiger partial charge in [-0.25, -0.2) is 12.8 Å². The van der Waals surface area contributed by atoms with E-state index in [1.807, 2.05) is 10.6 Å². The number of ether oxygens (including phenoxy) is 1. The fourth-order valence-electron chi connectivity index (χ4n) is 6.06. The van der Waals surface area contributed by atoms with Crippen molar-refractivity contribution in [1.29, 1.82) is 0 Å². The lowest BCUT2D eigenvalue weighted by atomic mass is 9.83. The number of rotatable bonds is 5. The molecule has 1 N–H and O–H groups in total. The summed E-state index contributed by atoms with van der Waals surface area (Å²) in [6.07, 6.45) is 0.948. The number of fused-ring (bicyclic) bond motifs is 4. The van der Waals surface area contributed by atoms with Gasteiger partial charge in [-0.3, -0.25) is 14.3 Å². The van der Waals surface area contributed by atoms with Gasteiger partial charge in [-0.15, -0.1) is 0 Å². The van der Waals surface area contributed by atoms with Crippen molar-refractivity contribution in [3.8, 4) is 0 Å². The van der Waals surface area contributed by atoms with Gasteiger partial charge in [-0.1, -0.05) is 6.07 Å². The van der Waals surface area contributed by atoms with Gasteiger partial charge in [0.25, 0.3) is 21.5 Å². The van der Waals surface area contributed by atoms with Crippen LogP contribution in [0.15, 0.2) is 64.3 Å². The van der Waals surface area contributed by atoms with E-state index in [-0.39, 0.29) is 39.4 Å². The van der Waals surface area contributed by atoms with E-state index < -0.39 is 15.8 Å². The highest BCUT2D eigenvalue weighted by Crippen LogP contribution is 2.40. The minimum Gasteiger partial charge on any atom is -0.378 e. The number of hydrogen-bond acceptors (Lipinski definition) is 6. The highest BCUT2D eigenvalue weighted by molar-refractivity contribution is 7.92. The highest BCUT2D eigenvalue weighted by Gasteiger charge is 2.36. The minimum atomic E-state index is -4.09. The fraction of sp³-hybridized carbons (Fsp3) is 0.379. The smallest absolute Gasteiger partial charge is 0.261 e. The third-order valence-corrected chi connectivity index (χ3v) is 9.41. The largest absolute Gasteiger partial charge is 0.378 e. The van der Waals surface area contributed by atoms with Gasteiger partial charge >= 0.3 is 0 Å². The number of amides is 1. The van der Waals surface area contributed by atoms with Gasteiger partial charge < -0.3 is 19.1 Å². The van der Waals surface area contributed by atoms with Gasteiger partial charge in [-0.05, 0) is 67.3 Å². The molecule has 40 heavy (non-hydrogen) atoms. The number of nitrogens with zero attached hydrogens (tertiary/aromatic N) is 3. The molecule has 0 aliphatic carbocycles. The van der Waals surface area contributed by atoms with Crippen molar-refractivity contribution >= 4 is 27.3 Å². The van der Waals surface area contributed by atoms with Crippen molar-refractivity contribution in [2.45, 2.75) is 30.7 Å². The maximum absolute atomic E-state index is 13.9. The van der Waals surface area contributed by atoms with Crippen LogP contribution in [0.1, 0.15) is 34.0 Å². The van der Waals surface area contributed by atoms with Crippen LogP contribution in [0.4, 0.5) is 15.8 Å². The molecule has 2 fully saturated rings. The van der Waals surface area contributed by atoms with E-state index in [0.29, 0.717) is 57.2 Å². The molecule has 0 radical (unpaired) electrons. The second-order valence-electron chi connectivity index (χ2n) is 10.8. The third kappa shape index (κ3) is 4.99. The first-order valence-corrected chi connectivity index (χ1v) is 14.9. The van der Waals surface area contributed by atoms with Crippen molar-refractivity contribution in [3.05, 3.63) is 87.6 Å². The van der Waals surface area contributed by atoms with Crippen LogP contribution in [0.25, 0.3) is 0 Å². The molecule has 210 valence electrons. The third-order valence-electron chi connectivity index (χ3n) is 8.05. The Morgan fingerprint density at radius 3 is 2.60 bits per heavy atom. The molecule has 0 saturated carbocycles. The number of carbonyl (C=O) groups excluding carboxylic acids is 1. The average Bonchev–Trinajstić information content (AvgIpc) is 2.95. The first-order valence-electron chi connectivity index (χ1n) is 13.4. The number of nitrogens with one attached hydrogen (secondary N) is 1. The number of anilines is 2. The number of pyridine rings is 1. The van der Waals surface area contributed by atoms with Crippen LogP contribution in [-0.4, -0.2) is 63.2 Å². The van der Waals surface area contributed by atoms with Gasteiger partial charge in [0, 0.05) is 56.0 Å². The summed E-state index contributed by atoms with van der Waals surface area (Å²) < 4.78 is 50.8. The summed E-state index contributed by atoms with van der Waals surface area (Å²) in [5, 5.41) is 0. The summed E-state index contributed by atoms with van der Waals surface area (Å²) >= 11 is 0. The normalized spacial score (nSPS) is 20.6. The lowest BCUT2D eigenvalue weighted by Gasteiger charge is -2.44. The lowest BCUT2D eigenvalue weighted by molar-refractivity contribution is 0.0303. The zero-order chi connectivity index (χ0) is 28.0. The van der Waals surface area contributed by atoms with Crippen molar-refractivity contribution in [3.63, 3.8) is 0 Å². The van der Waals surface area contributed by atoms with Gasteiger partial charge in [0.15, 0.2) is 0 Å². The van der Waals surface area contributed by atoms with E-state index in [0.717, 1.165) is 18.2 Å². The standard InChI is InChI=1S/C29H31FN4O5S/c1-19-13-23(6-7-24(19)30)40(37,38)31-25-15-21(29(36)32-9-11-39-12-10-32)5-8-27(25)33-16-20-14-22(18-33)26-3-2-4-28(35)34(26)17-20/h2-8,13,15,20,22,31H,9-12,14,16-18H2,1H3. The lowest BCUT2D eigenvalue weighted by Crippen LogP contribution is -2.47. The number of hydrogen-bond donors (Lipinski definition) is 1. The number of carbonyl (C=O) groups is 1. The van der Waals surface area contributed by atoms with Gasteiger partial charge in [0.05, 0.1) is 29.5 Å². The minimum absolute atomic E-state index is 0.00494. The molecule has 11 heteroatoms. The highest BCUT2D eigenvalue weighted by atomic mass is 32.2. The van der Waals surface area contributed by atoms with Crippen molar-refractivity contribution in [2.75, 3.05) is 49.0 Å². The first kappa shape index (κ1) is 26.5. The Kier molecular flexibility index (Phi) is 6.87.